The summed E-state index contributed by atoms with van der Waals surface area (Å²) in [6.07, 6.45) is -0.676. The molecule has 256 valence electrons. The van der Waals surface area contributed by atoms with Crippen molar-refractivity contribution in [3.63, 3.8) is 0 Å². The quantitative estimate of drug-likeness (QED) is 0.127. The number of hydrogen-bond donors (Lipinski definition) is 1. The van der Waals surface area contributed by atoms with Crippen molar-refractivity contribution in [1.29, 1.82) is 0 Å². The fraction of sp³-hybridized carbons (Fsp3) is 0.0638. The van der Waals surface area contributed by atoms with Crippen LogP contribution < -0.4 is 10.5 Å². The van der Waals surface area contributed by atoms with Gasteiger partial charge in [-0.3, -0.25) is 4.99 Å². The average molecular weight is 689 g/mol. The van der Waals surface area contributed by atoms with Gasteiger partial charge < -0.3 is 19.5 Å². The van der Waals surface area contributed by atoms with Crippen LogP contribution in [0.2, 0.25) is 0 Å². The summed E-state index contributed by atoms with van der Waals surface area (Å²) < 4.78 is 14.9. The molecule has 9 aromatic rings. The Morgan fingerprint density at radius 2 is 1.19 bits per heavy atom. The van der Waals surface area contributed by atoms with Gasteiger partial charge in [-0.15, -0.1) is 0 Å². The number of methoxy groups -OCH3 is 1. The average Bonchev–Trinajstić information content (AvgIpc) is 3.77. The maximum atomic E-state index is 6.97. The number of fused-ring (bicyclic) bond motifs is 6. The minimum atomic E-state index is -0.676. The van der Waals surface area contributed by atoms with Gasteiger partial charge in [0, 0.05) is 43.9 Å². The lowest BCUT2D eigenvalue weighted by molar-refractivity contribution is 0.416. The number of rotatable bonds is 8. The largest absolute Gasteiger partial charge is 0.496 e. The Morgan fingerprint density at radius 3 is 1.91 bits per heavy atom. The lowest BCUT2D eigenvalue weighted by Crippen LogP contribution is -2.15. The molecule has 0 spiro atoms. The summed E-state index contributed by atoms with van der Waals surface area (Å²) in [5.74, 6) is 1.19. The van der Waals surface area contributed by atoms with E-state index < -0.39 is 6.17 Å². The lowest BCUT2D eigenvalue weighted by atomic mass is 10.0. The Morgan fingerprint density at radius 1 is 0.585 bits per heavy atom. The van der Waals surface area contributed by atoms with E-state index in [2.05, 4.69) is 89.5 Å². The molecule has 2 N–H and O–H groups in total. The Bertz CT molecular complexity index is 2790. The van der Waals surface area contributed by atoms with Gasteiger partial charge in [0.25, 0.3) is 0 Å². The van der Waals surface area contributed by atoms with E-state index in [1.807, 2.05) is 85.8 Å². The molecule has 2 aromatic heterocycles. The highest BCUT2D eigenvalue weighted by atomic mass is 16.5. The van der Waals surface area contributed by atoms with Crippen molar-refractivity contribution in [2.45, 2.75) is 13.1 Å². The predicted octanol–water partition coefficient (Wildman–Crippen LogP) is 11.3. The van der Waals surface area contributed by atoms with Crippen LogP contribution in [0.25, 0.3) is 60.6 Å². The molecule has 7 aromatic carbocycles. The highest BCUT2D eigenvalue weighted by molar-refractivity contribution is 6.13. The molecule has 0 saturated heterocycles. The zero-order chi connectivity index (χ0) is 35.9. The monoisotopic (exact) mass is 688 g/mol. The van der Waals surface area contributed by atoms with E-state index in [0.29, 0.717) is 5.84 Å². The molecule has 0 aliphatic heterocycles. The Hall–Kier alpha value is -6.92. The van der Waals surface area contributed by atoms with Crippen molar-refractivity contribution in [1.82, 2.24) is 4.57 Å². The van der Waals surface area contributed by atoms with E-state index in [1.165, 1.54) is 10.8 Å². The number of furan rings is 1. The van der Waals surface area contributed by atoms with Gasteiger partial charge >= 0.3 is 0 Å². The Balaban J connectivity index is 1.21. The van der Waals surface area contributed by atoms with Crippen LogP contribution in [0.3, 0.4) is 0 Å². The van der Waals surface area contributed by atoms with Crippen LogP contribution in [0.5, 0.6) is 5.75 Å². The van der Waals surface area contributed by atoms with Crippen molar-refractivity contribution in [2.24, 2.45) is 15.7 Å². The first-order valence-corrected chi connectivity index (χ1v) is 17.7. The van der Waals surface area contributed by atoms with Crippen molar-refractivity contribution in [2.75, 3.05) is 7.11 Å². The third-order valence-electron chi connectivity index (χ3n) is 10.0. The molecule has 0 aliphatic rings. The summed E-state index contributed by atoms with van der Waals surface area (Å²) in [5, 5.41) is 4.41. The maximum Gasteiger partial charge on any atom is 0.171 e. The number of nitrogens with zero attached hydrogens (tertiary/aromatic N) is 3. The summed E-state index contributed by atoms with van der Waals surface area (Å²) in [6.45, 7) is 2.01. The standard InChI is InChI=1S/C47H36N4O2/c1-30(31-14-4-3-5-15-31)49-47(50-46(48)33-28-26-32(27-29-33)34-16-8-11-25-43(34)52-2)39-21-12-19-37-38-20-13-24-42(45(38)53-44(37)39)51-40-22-9-6-17-35(40)36-18-7-10-23-41(36)51/h3-29,47H,1-2H3,(H2,48,50). The number of amidine groups is 1. The number of para-hydroxylation sites is 5. The summed E-state index contributed by atoms with van der Waals surface area (Å²) in [6, 6.07) is 55.8. The van der Waals surface area contributed by atoms with Crippen LogP contribution in [0.1, 0.15) is 29.8 Å². The van der Waals surface area contributed by atoms with Crippen LogP contribution in [-0.2, 0) is 0 Å². The summed E-state index contributed by atoms with van der Waals surface area (Å²) >= 11 is 0. The number of nitrogens with two attached hydrogens (primary N) is 1. The minimum Gasteiger partial charge on any atom is -0.496 e. The zero-order valence-corrected chi connectivity index (χ0v) is 29.4. The first-order chi connectivity index (χ1) is 26.1. The smallest absolute Gasteiger partial charge is 0.171 e. The van der Waals surface area contributed by atoms with E-state index >= 15 is 0 Å². The molecule has 2 heterocycles. The summed E-state index contributed by atoms with van der Waals surface area (Å²) in [4.78, 5) is 10.3. The second-order valence-electron chi connectivity index (χ2n) is 13.1. The first kappa shape index (κ1) is 32.0. The number of aromatic nitrogens is 1. The number of ether oxygens (including phenoxy) is 1. The van der Waals surface area contributed by atoms with Gasteiger partial charge in [0.1, 0.15) is 17.2 Å². The van der Waals surface area contributed by atoms with Gasteiger partial charge in [-0.2, -0.15) is 0 Å². The highest BCUT2D eigenvalue weighted by Crippen LogP contribution is 2.40. The summed E-state index contributed by atoms with van der Waals surface area (Å²) in [5.41, 5.74) is 17.1. The van der Waals surface area contributed by atoms with Gasteiger partial charge in [0.15, 0.2) is 11.7 Å². The molecular weight excluding hydrogens is 653 g/mol. The fourth-order valence-corrected chi connectivity index (χ4v) is 7.40. The molecule has 53 heavy (non-hydrogen) atoms. The third-order valence-corrected chi connectivity index (χ3v) is 10.0. The normalized spacial score (nSPS) is 12.9. The lowest BCUT2D eigenvalue weighted by Gasteiger charge is -2.13. The van der Waals surface area contributed by atoms with E-state index in [-0.39, 0.29) is 0 Å². The van der Waals surface area contributed by atoms with E-state index in [9.17, 15) is 0 Å². The highest BCUT2D eigenvalue weighted by Gasteiger charge is 2.22. The number of benzene rings is 7. The van der Waals surface area contributed by atoms with Crippen molar-refractivity contribution >= 4 is 55.3 Å². The van der Waals surface area contributed by atoms with Crippen LogP contribution >= 0.6 is 0 Å². The molecule has 0 amide bonds. The molecule has 6 nitrogen and oxygen atoms in total. The molecular formula is C47H36N4O2. The van der Waals surface area contributed by atoms with Gasteiger partial charge in [-0.25, -0.2) is 4.99 Å². The van der Waals surface area contributed by atoms with Crippen LogP contribution in [0.4, 0.5) is 0 Å². The number of aliphatic imine (C=N–C) groups is 2. The molecule has 0 aliphatic carbocycles. The topological polar surface area (TPSA) is 78.0 Å². The van der Waals surface area contributed by atoms with Gasteiger partial charge in [0.05, 0.1) is 23.8 Å². The molecule has 9 rings (SSSR count). The molecule has 1 atom stereocenters. The molecule has 6 heteroatoms. The molecule has 1 unspecified atom stereocenters. The van der Waals surface area contributed by atoms with Crippen LogP contribution in [0, 0.1) is 0 Å². The molecule has 0 bridgehead atoms. The first-order valence-electron chi connectivity index (χ1n) is 17.7. The minimum absolute atomic E-state index is 0.380. The summed E-state index contributed by atoms with van der Waals surface area (Å²) in [7, 11) is 1.68. The fourth-order valence-electron chi connectivity index (χ4n) is 7.40. The Labute approximate surface area is 307 Å². The second kappa shape index (κ2) is 13.3. The predicted molar refractivity (Wildman–Crippen MR) is 219 cm³/mol. The van der Waals surface area contributed by atoms with Gasteiger partial charge in [-0.05, 0) is 42.3 Å². The van der Waals surface area contributed by atoms with E-state index in [0.717, 1.165) is 77.9 Å². The Kier molecular flexibility index (Phi) is 8.05. The number of hydrogen-bond acceptors (Lipinski definition) is 4. The van der Waals surface area contributed by atoms with Crippen LogP contribution in [-0.4, -0.2) is 23.2 Å². The molecule has 0 fully saturated rings. The third kappa shape index (κ3) is 5.61. The van der Waals surface area contributed by atoms with Crippen molar-refractivity contribution in [3.8, 4) is 22.6 Å². The van der Waals surface area contributed by atoms with E-state index in [4.69, 9.17) is 24.9 Å². The van der Waals surface area contributed by atoms with Crippen molar-refractivity contribution < 1.29 is 9.15 Å². The SMILES string of the molecule is COc1ccccc1-c1ccc(C(N)=NC(N=C(C)c2ccccc2)c2cccc3c2oc2c(-n4c5ccccc5c5ccccc54)cccc23)cc1. The van der Waals surface area contributed by atoms with Gasteiger partial charge in [-0.1, -0.05) is 140 Å². The van der Waals surface area contributed by atoms with E-state index in [1.54, 1.807) is 7.11 Å². The molecule has 0 radical (unpaired) electrons. The maximum absolute atomic E-state index is 6.97. The molecule has 0 saturated carbocycles. The second-order valence-corrected chi connectivity index (χ2v) is 13.1. The zero-order valence-electron chi connectivity index (χ0n) is 29.4. The van der Waals surface area contributed by atoms with Crippen molar-refractivity contribution in [3.05, 3.63) is 180 Å². The van der Waals surface area contributed by atoms with Gasteiger partial charge in [0.2, 0.25) is 0 Å². The van der Waals surface area contributed by atoms with Crippen LogP contribution in [0.15, 0.2) is 178 Å².